The van der Waals surface area contributed by atoms with Crippen LogP contribution >= 0.6 is 27.5 Å². The third kappa shape index (κ3) is 4.37. The van der Waals surface area contributed by atoms with Crippen molar-refractivity contribution in [3.05, 3.63) is 67.0 Å². The summed E-state index contributed by atoms with van der Waals surface area (Å²) in [6, 6.07) is 8.41. The van der Waals surface area contributed by atoms with E-state index in [9.17, 15) is 9.59 Å². The Balaban J connectivity index is 1.83. The zero-order valence-corrected chi connectivity index (χ0v) is 16.6. The van der Waals surface area contributed by atoms with E-state index in [4.69, 9.17) is 16.7 Å². The van der Waals surface area contributed by atoms with E-state index in [2.05, 4.69) is 20.8 Å². The van der Waals surface area contributed by atoms with E-state index in [1.807, 2.05) is 0 Å². The number of hydrogen-bond acceptors (Lipinski definition) is 3. The predicted molar refractivity (Wildman–Crippen MR) is 105 cm³/mol. The monoisotopic (exact) mass is 438 g/mol. The second-order valence-corrected chi connectivity index (χ2v) is 7.74. The first-order valence-corrected chi connectivity index (χ1v) is 9.75. The molecule has 2 heterocycles. The highest BCUT2D eigenvalue weighted by Gasteiger charge is 2.18. The zero-order valence-electron chi connectivity index (χ0n) is 14.3. The smallest absolute Gasteiger partial charge is 0.335 e. The van der Waals surface area contributed by atoms with Gasteiger partial charge >= 0.3 is 5.97 Å². The van der Waals surface area contributed by atoms with Gasteiger partial charge in [0.25, 0.3) is 5.56 Å². The fraction of sp³-hybridized carbons (Fsp3) is 0.368. The molecule has 0 bridgehead atoms. The third-order valence-electron chi connectivity index (χ3n) is 4.70. The van der Waals surface area contributed by atoms with Crippen LogP contribution in [0, 0.1) is 0 Å². The molecule has 0 amide bonds. The first-order chi connectivity index (χ1) is 12.5. The van der Waals surface area contributed by atoms with Gasteiger partial charge in [0.15, 0.2) is 0 Å². The van der Waals surface area contributed by atoms with Crippen LogP contribution in [0.5, 0.6) is 0 Å². The molecule has 0 saturated carbocycles. The number of likely N-dealkylation sites (tertiary alicyclic amines) is 1. The SMILES string of the molecule is O=C(O)c1ccc(CCn2c(CN3CCCC3)c(Br)cc(Cl)c2=O)cc1. The molecule has 26 heavy (non-hydrogen) atoms. The molecular weight excluding hydrogens is 420 g/mol. The van der Waals surface area contributed by atoms with E-state index in [1.165, 1.54) is 12.8 Å². The number of rotatable bonds is 6. The molecule has 0 radical (unpaired) electrons. The molecule has 3 rings (SSSR count). The van der Waals surface area contributed by atoms with Gasteiger partial charge in [0.2, 0.25) is 0 Å². The van der Waals surface area contributed by atoms with Crippen molar-refractivity contribution in [2.45, 2.75) is 32.4 Å². The Morgan fingerprint density at radius 1 is 1.19 bits per heavy atom. The highest BCUT2D eigenvalue weighted by Crippen LogP contribution is 2.22. The molecule has 1 aliphatic heterocycles. The Labute approximate surface area is 165 Å². The van der Waals surface area contributed by atoms with Gasteiger partial charge in [-0.15, -0.1) is 0 Å². The van der Waals surface area contributed by atoms with Gasteiger partial charge in [0.05, 0.1) is 5.56 Å². The first-order valence-electron chi connectivity index (χ1n) is 8.58. The number of aryl methyl sites for hydroxylation is 1. The molecule has 5 nitrogen and oxygen atoms in total. The maximum atomic E-state index is 12.6. The van der Waals surface area contributed by atoms with Crippen molar-refractivity contribution >= 4 is 33.5 Å². The molecule has 1 aliphatic rings. The van der Waals surface area contributed by atoms with E-state index in [0.29, 0.717) is 19.5 Å². The van der Waals surface area contributed by atoms with Gasteiger partial charge in [0, 0.05) is 23.3 Å². The summed E-state index contributed by atoms with van der Waals surface area (Å²) in [6.07, 6.45) is 3.00. The number of benzene rings is 1. The Hall–Kier alpha value is -1.63. The van der Waals surface area contributed by atoms with Gasteiger partial charge < -0.3 is 9.67 Å². The topological polar surface area (TPSA) is 62.5 Å². The summed E-state index contributed by atoms with van der Waals surface area (Å²) >= 11 is 9.66. The fourth-order valence-electron chi connectivity index (χ4n) is 3.24. The van der Waals surface area contributed by atoms with Crippen molar-refractivity contribution in [1.82, 2.24) is 9.47 Å². The fourth-order valence-corrected chi connectivity index (χ4v) is 4.15. The molecule has 1 N–H and O–H groups in total. The summed E-state index contributed by atoms with van der Waals surface area (Å²) in [5.41, 5.74) is 1.98. The van der Waals surface area contributed by atoms with E-state index in [-0.39, 0.29) is 16.1 Å². The maximum absolute atomic E-state index is 12.6. The number of nitrogens with zero attached hydrogens (tertiary/aromatic N) is 2. The van der Waals surface area contributed by atoms with Crippen molar-refractivity contribution in [2.24, 2.45) is 0 Å². The van der Waals surface area contributed by atoms with Crippen LogP contribution in [-0.2, 0) is 19.5 Å². The van der Waals surface area contributed by atoms with Gasteiger partial charge in [0.1, 0.15) is 5.02 Å². The molecule has 2 aromatic rings. The molecule has 1 saturated heterocycles. The molecule has 0 spiro atoms. The van der Waals surface area contributed by atoms with Gasteiger partial charge in [-0.25, -0.2) is 4.79 Å². The number of carboxylic acids is 1. The van der Waals surface area contributed by atoms with E-state index >= 15 is 0 Å². The molecule has 1 aromatic heterocycles. The van der Waals surface area contributed by atoms with Crippen LogP contribution in [0.15, 0.2) is 39.6 Å². The minimum atomic E-state index is -0.945. The molecule has 0 unspecified atom stereocenters. The summed E-state index contributed by atoms with van der Waals surface area (Å²) in [5.74, 6) is -0.945. The van der Waals surface area contributed by atoms with Crippen LogP contribution in [0.1, 0.15) is 34.5 Å². The van der Waals surface area contributed by atoms with Gasteiger partial charge in [-0.2, -0.15) is 0 Å². The average molecular weight is 440 g/mol. The molecule has 1 fully saturated rings. The van der Waals surface area contributed by atoms with E-state index in [1.54, 1.807) is 34.9 Å². The van der Waals surface area contributed by atoms with Crippen molar-refractivity contribution in [2.75, 3.05) is 13.1 Å². The van der Waals surface area contributed by atoms with Crippen LogP contribution in [0.4, 0.5) is 0 Å². The van der Waals surface area contributed by atoms with Crippen LogP contribution < -0.4 is 5.56 Å². The molecule has 7 heteroatoms. The minimum Gasteiger partial charge on any atom is -0.478 e. The number of carbonyl (C=O) groups is 1. The number of halogens is 2. The summed E-state index contributed by atoms with van der Waals surface area (Å²) in [7, 11) is 0. The first kappa shape index (κ1) is 19.1. The zero-order chi connectivity index (χ0) is 18.7. The van der Waals surface area contributed by atoms with Crippen molar-refractivity contribution < 1.29 is 9.90 Å². The molecule has 0 atom stereocenters. The number of aromatic carboxylic acids is 1. The lowest BCUT2D eigenvalue weighted by Crippen LogP contribution is -2.29. The number of aromatic nitrogens is 1. The van der Waals surface area contributed by atoms with E-state index in [0.717, 1.165) is 28.8 Å². The molecule has 1 aromatic carbocycles. The van der Waals surface area contributed by atoms with Crippen LogP contribution in [-0.4, -0.2) is 33.6 Å². The number of carboxylic acid groups (broad SMARTS) is 1. The Morgan fingerprint density at radius 3 is 2.46 bits per heavy atom. The lowest BCUT2D eigenvalue weighted by atomic mass is 10.1. The van der Waals surface area contributed by atoms with Crippen LogP contribution in [0.25, 0.3) is 0 Å². The second kappa shape index (κ2) is 8.37. The number of hydrogen-bond donors (Lipinski definition) is 1. The predicted octanol–water partition coefficient (Wildman–Crippen LogP) is 3.80. The molecule has 138 valence electrons. The maximum Gasteiger partial charge on any atom is 0.335 e. The summed E-state index contributed by atoms with van der Waals surface area (Å²) in [5, 5.41) is 9.18. The van der Waals surface area contributed by atoms with Gasteiger partial charge in [-0.3, -0.25) is 9.69 Å². The van der Waals surface area contributed by atoms with Crippen molar-refractivity contribution in [3.8, 4) is 0 Å². The van der Waals surface area contributed by atoms with Crippen molar-refractivity contribution in [1.29, 1.82) is 0 Å². The Bertz CT molecular complexity index is 858. The highest BCUT2D eigenvalue weighted by molar-refractivity contribution is 9.10. The molecule has 0 aliphatic carbocycles. The second-order valence-electron chi connectivity index (χ2n) is 6.48. The summed E-state index contributed by atoms with van der Waals surface area (Å²) in [4.78, 5) is 25.9. The number of pyridine rings is 1. The van der Waals surface area contributed by atoms with Crippen molar-refractivity contribution in [3.63, 3.8) is 0 Å². The standard InChI is InChI=1S/C19H20BrClN2O3/c20-15-11-16(21)18(24)23(17(15)12-22-8-1-2-9-22)10-7-13-3-5-14(6-4-13)19(25)26/h3-6,11H,1-2,7-10,12H2,(H,25,26). The normalized spacial score (nSPS) is 14.7. The van der Waals surface area contributed by atoms with Gasteiger partial charge in [-0.1, -0.05) is 23.7 Å². The minimum absolute atomic E-state index is 0.189. The lowest BCUT2D eigenvalue weighted by molar-refractivity contribution is 0.0697. The average Bonchev–Trinajstić information content (AvgIpc) is 3.13. The van der Waals surface area contributed by atoms with E-state index < -0.39 is 5.97 Å². The largest absolute Gasteiger partial charge is 0.478 e. The van der Waals surface area contributed by atoms with Crippen LogP contribution in [0.2, 0.25) is 5.02 Å². The van der Waals surface area contributed by atoms with Gasteiger partial charge in [-0.05, 0) is 72.0 Å². The Morgan fingerprint density at radius 2 is 1.85 bits per heavy atom. The lowest BCUT2D eigenvalue weighted by Gasteiger charge is -2.20. The third-order valence-corrected chi connectivity index (χ3v) is 5.66. The quantitative estimate of drug-likeness (QED) is 0.744. The summed E-state index contributed by atoms with van der Waals surface area (Å²) in [6.45, 7) is 3.29. The Kier molecular flexibility index (Phi) is 6.16. The summed E-state index contributed by atoms with van der Waals surface area (Å²) < 4.78 is 2.57. The van der Waals surface area contributed by atoms with Crippen LogP contribution in [0.3, 0.4) is 0 Å². The molecular formula is C19H20BrClN2O3. The highest BCUT2D eigenvalue weighted by atomic mass is 79.9.